The Balaban J connectivity index is 2.54. The minimum Gasteiger partial charge on any atom is -0.321 e. The Morgan fingerprint density at radius 1 is 1.69 bits per heavy atom. The largest absolute Gasteiger partial charge is 0.321 e. The van der Waals surface area contributed by atoms with Crippen molar-refractivity contribution in [1.82, 2.24) is 0 Å². The van der Waals surface area contributed by atoms with Gasteiger partial charge in [0, 0.05) is 0 Å². The highest BCUT2D eigenvalue weighted by atomic mass is 16.1. The topological polar surface area (TPSA) is 43.1 Å². The predicted molar refractivity (Wildman–Crippen MR) is 54.3 cm³/mol. The molecule has 13 heavy (non-hydrogen) atoms. The Morgan fingerprint density at radius 2 is 2.46 bits per heavy atom. The van der Waals surface area contributed by atoms with Gasteiger partial charge in [-0.05, 0) is 37.7 Å². The number of carbonyl (C=O) groups is 1. The van der Waals surface area contributed by atoms with Crippen molar-refractivity contribution in [2.75, 3.05) is 0 Å². The summed E-state index contributed by atoms with van der Waals surface area (Å²) < 4.78 is 0. The highest BCUT2D eigenvalue weighted by Crippen LogP contribution is 2.19. The van der Waals surface area contributed by atoms with Gasteiger partial charge in [-0.15, -0.1) is 6.58 Å². The highest BCUT2D eigenvalue weighted by molar-refractivity contribution is 5.99. The Bertz CT molecular complexity index is 230. The van der Waals surface area contributed by atoms with Gasteiger partial charge in [0.15, 0.2) is 5.78 Å². The molecule has 0 aliphatic heterocycles. The summed E-state index contributed by atoms with van der Waals surface area (Å²) in [5.74, 6) is 0.111. The maximum absolute atomic E-state index is 11.6. The van der Waals surface area contributed by atoms with Gasteiger partial charge in [-0.2, -0.15) is 0 Å². The minimum atomic E-state index is -0.373. The number of ketones is 1. The van der Waals surface area contributed by atoms with Crippen LogP contribution in [0.5, 0.6) is 0 Å². The van der Waals surface area contributed by atoms with Crippen molar-refractivity contribution in [3.05, 3.63) is 24.3 Å². The number of rotatable bonds is 4. The van der Waals surface area contributed by atoms with Gasteiger partial charge in [0.1, 0.15) is 0 Å². The average Bonchev–Trinajstić information content (AvgIpc) is 2.18. The van der Waals surface area contributed by atoms with E-state index in [1.807, 2.05) is 6.08 Å². The van der Waals surface area contributed by atoms with Crippen molar-refractivity contribution in [1.29, 1.82) is 0 Å². The van der Waals surface area contributed by atoms with Crippen LogP contribution in [0.4, 0.5) is 0 Å². The Morgan fingerprint density at radius 3 is 3.00 bits per heavy atom. The van der Waals surface area contributed by atoms with Gasteiger partial charge < -0.3 is 5.73 Å². The summed E-state index contributed by atoms with van der Waals surface area (Å²) in [6, 6.07) is -0.373. The smallest absolute Gasteiger partial charge is 0.175 e. The molecule has 1 atom stereocenters. The molecule has 1 aliphatic carbocycles. The molecule has 0 saturated carbocycles. The lowest BCUT2D eigenvalue weighted by Crippen LogP contribution is -2.31. The van der Waals surface area contributed by atoms with Crippen LogP contribution in [0.25, 0.3) is 0 Å². The molecule has 0 aromatic rings. The minimum absolute atomic E-state index is 0.111. The van der Waals surface area contributed by atoms with Crippen molar-refractivity contribution < 1.29 is 4.79 Å². The second-order valence-corrected chi connectivity index (χ2v) is 3.47. The molecule has 0 saturated heterocycles. The zero-order valence-corrected chi connectivity index (χ0v) is 7.96. The van der Waals surface area contributed by atoms with E-state index in [9.17, 15) is 4.79 Å². The molecule has 0 radical (unpaired) electrons. The predicted octanol–water partition coefficient (Wildman–Crippen LogP) is 1.96. The van der Waals surface area contributed by atoms with Gasteiger partial charge in [-0.1, -0.05) is 12.2 Å². The van der Waals surface area contributed by atoms with Crippen LogP contribution in [-0.4, -0.2) is 11.8 Å². The van der Waals surface area contributed by atoms with E-state index < -0.39 is 0 Å². The maximum atomic E-state index is 11.6. The second-order valence-electron chi connectivity index (χ2n) is 3.47. The van der Waals surface area contributed by atoms with E-state index in [1.165, 1.54) is 6.42 Å². The highest BCUT2D eigenvalue weighted by Gasteiger charge is 2.17. The number of hydrogen-bond donors (Lipinski definition) is 1. The van der Waals surface area contributed by atoms with E-state index in [4.69, 9.17) is 5.73 Å². The van der Waals surface area contributed by atoms with E-state index in [0.29, 0.717) is 6.42 Å². The van der Waals surface area contributed by atoms with Crippen molar-refractivity contribution in [2.24, 2.45) is 5.73 Å². The number of allylic oxidation sites excluding steroid dienone is 1. The summed E-state index contributed by atoms with van der Waals surface area (Å²) in [4.78, 5) is 11.6. The molecule has 72 valence electrons. The van der Waals surface area contributed by atoms with E-state index in [1.54, 1.807) is 6.08 Å². The van der Waals surface area contributed by atoms with Gasteiger partial charge in [-0.3, -0.25) is 4.79 Å². The van der Waals surface area contributed by atoms with Crippen molar-refractivity contribution in [3.63, 3.8) is 0 Å². The first-order valence-corrected chi connectivity index (χ1v) is 4.85. The van der Waals surface area contributed by atoms with Crippen LogP contribution >= 0.6 is 0 Å². The van der Waals surface area contributed by atoms with Crippen LogP contribution in [0.15, 0.2) is 24.3 Å². The van der Waals surface area contributed by atoms with Crippen LogP contribution in [0.2, 0.25) is 0 Å². The quantitative estimate of drug-likeness (QED) is 0.670. The summed E-state index contributed by atoms with van der Waals surface area (Å²) in [5, 5.41) is 0. The molecule has 0 fully saturated rings. The summed E-state index contributed by atoms with van der Waals surface area (Å²) in [7, 11) is 0. The normalized spacial score (nSPS) is 19.0. The van der Waals surface area contributed by atoms with Gasteiger partial charge in [0.05, 0.1) is 6.04 Å². The van der Waals surface area contributed by atoms with Crippen LogP contribution in [-0.2, 0) is 4.79 Å². The van der Waals surface area contributed by atoms with E-state index in [0.717, 1.165) is 24.8 Å². The molecule has 2 N–H and O–H groups in total. The fraction of sp³-hybridized carbons (Fsp3) is 0.545. The van der Waals surface area contributed by atoms with E-state index in [2.05, 4.69) is 6.58 Å². The van der Waals surface area contributed by atoms with Crippen LogP contribution in [0, 0.1) is 0 Å². The molecule has 2 heteroatoms. The molecule has 0 aromatic carbocycles. The van der Waals surface area contributed by atoms with Crippen molar-refractivity contribution in [2.45, 2.75) is 38.1 Å². The molecule has 1 aliphatic rings. The molecule has 0 spiro atoms. The third-order valence-corrected chi connectivity index (χ3v) is 2.36. The lowest BCUT2D eigenvalue weighted by atomic mass is 9.92. The zero-order chi connectivity index (χ0) is 9.68. The third-order valence-electron chi connectivity index (χ3n) is 2.36. The number of carbonyl (C=O) groups excluding carboxylic acids is 1. The fourth-order valence-electron chi connectivity index (χ4n) is 1.59. The Hall–Kier alpha value is -0.890. The first-order chi connectivity index (χ1) is 6.25. The molecule has 2 nitrogen and oxygen atoms in total. The summed E-state index contributed by atoms with van der Waals surface area (Å²) >= 11 is 0. The van der Waals surface area contributed by atoms with Crippen molar-refractivity contribution >= 4 is 5.78 Å². The molecular weight excluding hydrogens is 162 g/mol. The molecule has 0 amide bonds. The van der Waals surface area contributed by atoms with Gasteiger partial charge in [0.2, 0.25) is 0 Å². The number of Topliss-reactive ketones (excluding diaryl/α,β-unsaturated/α-hetero) is 1. The molecule has 0 bridgehead atoms. The van der Waals surface area contributed by atoms with Crippen LogP contribution in [0.1, 0.15) is 32.1 Å². The number of nitrogens with two attached hydrogens (primary N) is 1. The van der Waals surface area contributed by atoms with Gasteiger partial charge in [0.25, 0.3) is 0 Å². The molecule has 1 rings (SSSR count). The monoisotopic (exact) mass is 179 g/mol. The SMILES string of the molecule is C=CCC(N)C(=O)C1=CCCCC1. The summed E-state index contributed by atoms with van der Waals surface area (Å²) in [6.07, 6.45) is 8.58. The molecule has 0 heterocycles. The Kier molecular flexibility index (Phi) is 3.90. The second kappa shape index (κ2) is 4.97. The molecule has 0 aromatic heterocycles. The zero-order valence-electron chi connectivity index (χ0n) is 7.96. The first-order valence-electron chi connectivity index (χ1n) is 4.85. The van der Waals surface area contributed by atoms with E-state index >= 15 is 0 Å². The van der Waals surface area contributed by atoms with E-state index in [-0.39, 0.29) is 11.8 Å². The van der Waals surface area contributed by atoms with Crippen LogP contribution < -0.4 is 5.73 Å². The molecule has 1 unspecified atom stereocenters. The summed E-state index contributed by atoms with van der Waals surface area (Å²) in [5.41, 5.74) is 6.63. The third kappa shape index (κ3) is 2.81. The fourth-order valence-corrected chi connectivity index (χ4v) is 1.59. The standard InChI is InChI=1S/C11H17NO/c1-2-6-10(12)11(13)9-7-4-3-5-8-9/h2,7,10H,1,3-6,8,12H2. The first kappa shape index (κ1) is 10.2. The summed E-state index contributed by atoms with van der Waals surface area (Å²) in [6.45, 7) is 3.58. The average molecular weight is 179 g/mol. The van der Waals surface area contributed by atoms with Gasteiger partial charge >= 0.3 is 0 Å². The lowest BCUT2D eigenvalue weighted by molar-refractivity contribution is -0.116. The van der Waals surface area contributed by atoms with Gasteiger partial charge in [-0.25, -0.2) is 0 Å². The lowest BCUT2D eigenvalue weighted by Gasteiger charge is -2.14. The number of hydrogen-bond acceptors (Lipinski definition) is 2. The van der Waals surface area contributed by atoms with Crippen molar-refractivity contribution in [3.8, 4) is 0 Å². The maximum Gasteiger partial charge on any atom is 0.175 e. The Labute approximate surface area is 79.5 Å². The molecular formula is C11H17NO. The van der Waals surface area contributed by atoms with Crippen LogP contribution in [0.3, 0.4) is 0 Å².